The number of benzene rings is 3. The van der Waals surface area contributed by atoms with Crippen LogP contribution in [0.5, 0.6) is 0 Å². The summed E-state index contributed by atoms with van der Waals surface area (Å²) in [5.41, 5.74) is 11.3. The van der Waals surface area contributed by atoms with E-state index in [4.69, 9.17) is 67.1 Å². The molecule has 1 saturated heterocycles. The lowest BCUT2D eigenvalue weighted by atomic mass is 9.44. The number of allylic oxidation sites excluding steroid dienone is 5. The van der Waals surface area contributed by atoms with Gasteiger partial charge in [0.2, 0.25) is 47.3 Å². The van der Waals surface area contributed by atoms with Crippen LogP contribution in [0.3, 0.4) is 0 Å². The number of nitrogens with zero attached hydrogens (tertiary/aromatic N) is 3. The summed E-state index contributed by atoms with van der Waals surface area (Å²) in [5, 5.41) is 38.2. The van der Waals surface area contributed by atoms with E-state index in [-0.39, 0.29) is 199 Å². The van der Waals surface area contributed by atoms with Crippen LogP contribution in [0.25, 0.3) is 5.43 Å². The lowest BCUT2D eigenvalue weighted by Gasteiger charge is -2.63. The van der Waals surface area contributed by atoms with Gasteiger partial charge in [0, 0.05) is 91.1 Å². The monoisotopic (exact) mass is 2100 g/mol. The molecule has 3 aliphatic heterocycles. The number of hydrazine groups is 1. The number of ketones is 2. The maximum Gasteiger partial charge on any atom is 0.407 e. The Morgan fingerprint density at radius 2 is 1.27 bits per heavy atom. The number of anilines is 2. The number of para-hydroxylation sites is 1. The highest BCUT2D eigenvalue weighted by atomic mass is 32.2. The van der Waals surface area contributed by atoms with E-state index in [2.05, 4.69) is 70.7 Å². The zero-order chi connectivity index (χ0) is 106. The molecule has 14 N–H and O–H groups in total. The molecular weight excluding hydrogens is 1950 g/mol. The SMILES string of the molecule is CCCC1O[C@@H]2C[C@H]3[C@@H]4C[C@H](F)C5=CC(=O)C=C[C@]5(C)[C@@]4(F)[C@@H](O)C[C@]3(C)[C@]2(C(=O)CNC(=O)OCc2ccc(NC(=O)[C@H](CCCNC(N)=O)NC(=O)[C@@H](NC(=O)[C@@H](CCCCNC(=O)COC3CCCCCC4=C3[N-]NN4CCOCCOCCOCCOCCC(=O)NCCS(=O)(=O)O)NC(=O)CCOCCOCCOCCOCCNC(=O)CCC(=O)N3Cc4ccccc4C#Cc4ccccc43)C(C)C)cc2)O1. The molecule has 11 rings (SSSR count). The number of aliphatic hydroxyl groups is 1. The fourth-order valence-electron chi connectivity index (χ4n) is 20.1. The van der Waals surface area contributed by atoms with E-state index in [9.17, 15) is 71.1 Å². The maximum atomic E-state index is 18.1. The van der Waals surface area contributed by atoms with E-state index in [1.165, 1.54) is 31.2 Å². The molecule has 0 bridgehead atoms. The number of alkyl halides is 2. The van der Waals surface area contributed by atoms with E-state index >= 15 is 8.78 Å². The number of carbonyl (C=O) groups excluding carboxylic acids is 12. The number of amides is 11. The van der Waals surface area contributed by atoms with Gasteiger partial charge >= 0.3 is 12.1 Å². The number of nitrogens with one attached hydrogen (secondary N) is 10. The summed E-state index contributed by atoms with van der Waals surface area (Å²) < 4.78 is 135. The van der Waals surface area contributed by atoms with Gasteiger partial charge in [0.15, 0.2) is 29.1 Å². The van der Waals surface area contributed by atoms with Gasteiger partial charge < -0.3 is 136 Å². The standard InChI is InChI=1S/C103H145F2N14O28S/c1-6-17-92-146-86-62-75-76-61-78(104)77-60-74(120)34-37-100(77,4)102(76,105)84(121)63-101(75,5)103(86,147-92)85(122)64-111-99(132)145-66-69-26-30-73(31-27-69)112-95(128)80(22-16-39-110-98(106)131)114-97(130)93(68(2)3)115-96(129)79(113-89(125)36-44-137-48-52-141-55-57-142-53-49-138-45-40-108-87(123)32-33-91(127)118-65-72-20-11-10-18-70(72)28-29-71-19-12-13-23-81(71)118)21-14-15-38-107-90(126)67-144-83-25-9-7-8-24-82-94(83)116-117-119(82)42-46-139-50-54-143-58-56-140-51-47-136-43-35-88(124)109-41-59-148(133,134)135/h10-13,18-20,23,26-27,30-31,34,37,60,68,75-76,78-80,83-84,86,92-93,117,121H,6-9,14-17,21-22,24-25,32-33,35-36,38-59,61-67H2,1-5H3,(H,107,126)(H,108,123)(H,109,124)(H,111,132)(H,112,128)(H,113,125)(H,114,130)(H,115,129)(H3,106,110,131)(H,133,134,135)/q-1/t75-,76-,78-,79+,80-,83?,84-,86+,92?,93-,100-,101-,102-,103+/m0/s1. The molecule has 3 aromatic rings. The van der Waals surface area contributed by atoms with Gasteiger partial charge in [-0.2, -0.15) is 8.42 Å². The lowest BCUT2D eigenvalue weighted by molar-refractivity contribution is -0.233. The number of hydrogen-bond acceptors (Lipinski definition) is 29. The molecule has 11 amide bonds. The summed E-state index contributed by atoms with van der Waals surface area (Å²) in [5.74, 6) is -1.79. The minimum absolute atomic E-state index is 0.000458. The van der Waals surface area contributed by atoms with Crippen molar-refractivity contribution in [3.8, 4) is 11.8 Å². The molecule has 14 atom stereocenters. The summed E-state index contributed by atoms with van der Waals surface area (Å²) in [4.78, 5) is 163. The van der Waals surface area contributed by atoms with Gasteiger partial charge in [-0.3, -0.25) is 52.5 Å². The Morgan fingerprint density at radius 3 is 1.95 bits per heavy atom. The second-order valence-corrected chi connectivity index (χ2v) is 40.0. The molecule has 2 unspecified atom stereocenters. The third-order valence-corrected chi connectivity index (χ3v) is 28.4. The van der Waals surface area contributed by atoms with Crippen molar-refractivity contribution in [1.29, 1.82) is 0 Å². The van der Waals surface area contributed by atoms with Crippen LogP contribution in [0.15, 0.2) is 108 Å². The molecule has 4 fully saturated rings. The molecule has 5 aliphatic carbocycles. The molecule has 8 aliphatic rings. The first-order valence-corrected chi connectivity index (χ1v) is 52.8. The number of alkyl carbamates (subject to hydrolysis) is 1. The predicted molar refractivity (Wildman–Crippen MR) is 535 cm³/mol. The molecule has 816 valence electrons. The highest BCUT2D eigenvalue weighted by Crippen LogP contribution is 2.72. The van der Waals surface area contributed by atoms with Gasteiger partial charge in [-0.05, 0) is 155 Å². The van der Waals surface area contributed by atoms with Crippen molar-refractivity contribution in [3.05, 3.63) is 136 Å². The Kier molecular flexibility index (Phi) is 46.2. The number of fused-ring (bicyclic) bond motifs is 9. The Balaban J connectivity index is 0.621. The van der Waals surface area contributed by atoms with Crippen LogP contribution in [0, 0.1) is 40.4 Å². The molecule has 45 heteroatoms. The van der Waals surface area contributed by atoms with Gasteiger partial charge in [0.25, 0.3) is 10.1 Å². The summed E-state index contributed by atoms with van der Waals surface area (Å²) in [6.07, 6.45) is 2.07. The number of Topliss-reactive ketones (excluding diaryl/α,β-unsaturated/α-hetero) is 1. The average Bonchev–Trinajstić information content (AvgIpc) is 1.47. The number of aliphatic hydroxyl groups excluding tert-OH is 1. The summed E-state index contributed by atoms with van der Waals surface area (Å²) >= 11 is 0. The minimum atomic E-state index is -4.17. The second-order valence-electron chi connectivity index (χ2n) is 38.4. The van der Waals surface area contributed by atoms with E-state index < -0.39 is 170 Å². The van der Waals surface area contributed by atoms with Crippen LogP contribution < -0.4 is 64.0 Å². The largest absolute Gasteiger partial charge is 0.604 e. The number of nitrogens with two attached hydrogens (primary N) is 1. The Morgan fingerprint density at radius 1 is 0.655 bits per heavy atom. The van der Waals surface area contributed by atoms with Crippen molar-refractivity contribution >= 4 is 92.4 Å². The van der Waals surface area contributed by atoms with Crippen LogP contribution in [-0.2, 0) is 128 Å². The molecule has 0 aromatic heterocycles. The van der Waals surface area contributed by atoms with Crippen LogP contribution in [0.4, 0.5) is 29.7 Å². The van der Waals surface area contributed by atoms with Gasteiger partial charge in [0.1, 0.15) is 37.5 Å². The van der Waals surface area contributed by atoms with E-state index in [1.807, 2.05) is 60.5 Å². The molecule has 3 heterocycles. The Labute approximate surface area is 861 Å². The Bertz CT molecular complexity index is 5270. The minimum Gasteiger partial charge on any atom is -0.604 e. The number of urea groups is 1. The molecule has 3 aromatic carbocycles. The highest BCUT2D eigenvalue weighted by molar-refractivity contribution is 7.85. The normalized spacial score (nSPS) is 23.1. The number of hydrogen-bond donors (Lipinski definition) is 13. The fourth-order valence-corrected chi connectivity index (χ4v) is 20.5. The van der Waals surface area contributed by atoms with Crippen molar-refractivity contribution < 1.29 is 141 Å². The number of ether oxygens (including phenoxy) is 12. The molecule has 0 spiro atoms. The van der Waals surface area contributed by atoms with Crippen molar-refractivity contribution in [3.63, 3.8) is 0 Å². The third-order valence-electron chi connectivity index (χ3n) is 27.7. The Hall–Kier alpha value is -11.1. The lowest BCUT2D eigenvalue weighted by Crippen LogP contribution is -2.71. The third kappa shape index (κ3) is 33.5. The molecule has 42 nitrogen and oxygen atoms in total. The van der Waals surface area contributed by atoms with Gasteiger partial charge in [-0.25, -0.2) is 18.4 Å². The highest BCUT2D eigenvalue weighted by Gasteiger charge is 2.80. The van der Waals surface area contributed by atoms with Crippen LogP contribution in [-0.4, -0.2) is 312 Å². The van der Waals surface area contributed by atoms with E-state index in [0.29, 0.717) is 95.2 Å². The molecule has 148 heavy (non-hydrogen) atoms. The van der Waals surface area contributed by atoms with E-state index in [0.717, 1.165) is 54.1 Å². The fraction of sp³-hybridized carbons (Fsp3) is 0.631. The zero-order valence-electron chi connectivity index (χ0n) is 84.9. The van der Waals surface area contributed by atoms with Crippen LogP contribution in [0.1, 0.15) is 179 Å². The first-order chi connectivity index (χ1) is 71.1. The van der Waals surface area contributed by atoms with E-state index in [1.54, 1.807) is 37.8 Å². The molecule has 3 saturated carbocycles. The average molecular weight is 2100 g/mol. The predicted octanol–water partition coefficient (Wildman–Crippen LogP) is 5.90. The topological polar surface area (TPSA) is 557 Å². The molecule has 0 radical (unpaired) electrons. The quantitative estimate of drug-likeness (QED) is 0.0177. The smallest absolute Gasteiger partial charge is 0.407 e. The van der Waals surface area contributed by atoms with Crippen LogP contribution in [0.2, 0.25) is 0 Å². The van der Waals surface area contributed by atoms with Crippen molar-refractivity contribution in [2.75, 3.05) is 168 Å². The summed E-state index contributed by atoms with van der Waals surface area (Å²) in [7, 11) is -4.17. The van der Waals surface area contributed by atoms with Gasteiger partial charge in [-0.1, -0.05) is 107 Å². The second kappa shape index (κ2) is 58.4. The van der Waals surface area contributed by atoms with Crippen molar-refractivity contribution in [2.24, 2.45) is 34.3 Å². The summed E-state index contributed by atoms with van der Waals surface area (Å²) in [6.45, 7) is 11.9. The first kappa shape index (κ1) is 117. The number of unbranched alkanes of at least 4 members (excludes halogenated alkanes) is 1. The summed E-state index contributed by atoms with van der Waals surface area (Å²) in [6, 6.07) is 16.6. The van der Waals surface area contributed by atoms with Crippen LogP contribution >= 0.6 is 0 Å². The molecular formula is C103H145F2N14O28S-. The zero-order valence-corrected chi connectivity index (χ0v) is 85.7. The maximum absolute atomic E-state index is 18.1. The number of halogens is 2. The van der Waals surface area contributed by atoms with Crippen molar-refractivity contribution in [1.82, 2.24) is 53.1 Å². The van der Waals surface area contributed by atoms with Gasteiger partial charge in [-0.15, -0.1) is 5.70 Å². The number of carbonyl (C=O) groups is 12. The van der Waals surface area contributed by atoms with Gasteiger partial charge in [0.05, 0.1) is 155 Å². The number of rotatable bonds is 63. The first-order valence-electron chi connectivity index (χ1n) is 51.2. The van der Waals surface area contributed by atoms with Crippen molar-refractivity contribution in [2.45, 2.75) is 230 Å². The number of primary amides is 1.